The number of aryl methyl sites for hydroxylation is 2. The summed E-state index contributed by atoms with van der Waals surface area (Å²) < 4.78 is 1.78. The van der Waals surface area contributed by atoms with Crippen LogP contribution in [-0.2, 0) is 29.5 Å². The standard InChI is InChI=1S/C20H26N4O2/c1-23-15-17(14-22-23)9-5-11-21-20(26)18-10-6-12-24(18)19(25)13-16-7-3-2-4-8-16/h2-4,7-8,14-15,18H,5-6,9-13H2,1H3,(H,21,26). The molecule has 138 valence electrons. The van der Waals surface area contributed by atoms with Crippen LogP contribution >= 0.6 is 0 Å². The van der Waals surface area contributed by atoms with Crippen molar-refractivity contribution in [1.82, 2.24) is 20.0 Å². The summed E-state index contributed by atoms with van der Waals surface area (Å²) in [6, 6.07) is 9.36. The van der Waals surface area contributed by atoms with Crippen molar-refractivity contribution in [3.8, 4) is 0 Å². The summed E-state index contributed by atoms with van der Waals surface area (Å²) >= 11 is 0. The third-order valence-electron chi connectivity index (χ3n) is 4.77. The van der Waals surface area contributed by atoms with Crippen molar-refractivity contribution in [2.24, 2.45) is 7.05 Å². The Labute approximate surface area is 154 Å². The zero-order valence-electron chi connectivity index (χ0n) is 15.2. The van der Waals surface area contributed by atoms with Gasteiger partial charge in [0.05, 0.1) is 12.6 Å². The second-order valence-electron chi connectivity index (χ2n) is 6.82. The molecule has 1 atom stereocenters. The number of aromatic nitrogens is 2. The van der Waals surface area contributed by atoms with Gasteiger partial charge >= 0.3 is 0 Å². The quantitative estimate of drug-likeness (QED) is 0.770. The zero-order chi connectivity index (χ0) is 18.4. The highest BCUT2D eigenvalue weighted by molar-refractivity contribution is 5.89. The smallest absolute Gasteiger partial charge is 0.242 e. The van der Waals surface area contributed by atoms with E-state index in [2.05, 4.69) is 10.4 Å². The Balaban J connectivity index is 1.46. The predicted octanol–water partition coefficient (Wildman–Crippen LogP) is 1.70. The van der Waals surface area contributed by atoms with E-state index in [0.29, 0.717) is 19.5 Å². The average molecular weight is 354 g/mol. The predicted molar refractivity (Wildman–Crippen MR) is 99.4 cm³/mol. The lowest BCUT2D eigenvalue weighted by molar-refractivity contribution is -0.137. The Bertz CT molecular complexity index is 741. The second kappa shape index (κ2) is 8.65. The van der Waals surface area contributed by atoms with Crippen molar-refractivity contribution in [1.29, 1.82) is 0 Å². The van der Waals surface area contributed by atoms with Gasteiger partial charge in [-0.15, -0.1) is 0 Å². The molecule has 1 N–H and O–H groups in total. The minimum Gasteiger partial charge on any atom is -0.354 e. The van der Waals surface area contributed by atoms with Gasteiger partial charge in [-0.3, -0.25) is 14.3 Å². The van der Waals surface area contributed by atoms with Crippen LogP contribution in [0.3, 0.4) is 0 Å². The zero-order valence-corrected chi connectivity index (χ0v) is 15.2. The largest absolute Gasteiger partial charge is 0.354 e. The van der Waals surface area contributed by atoms with Crippen LogP contribution in [0.4, 0.5) is 0 Å². The van der Waals surface area contributed by atoms with Crippen LogP contribution in [0.2, 0.25) is 0 Å². The van der Waals surface area contributed by atoms with E-state index in [1.54, 1.807) is 9.58 Å². The molecular weight excluding hydrogens is 328 g/mol. The van der Waals surface area contributed by atoms with Gasteiger partial charge in [-0.2, -0.15) is 5.10 Å². The van der Waals surface area contributed by atoms with Gasteiger partial charge in [-0.1, -0.05) is 30.3 Å². The van der Waals surface area contributed by atoms with Gasteiger partial charge in [0.25, 0.3) is 0 Å². The van der Waals surface area contributed by atoms with Gasteiger partial charge in [0.2, 0.25) is 11.8 Å². The lowest BCUT2D eigenvalue weighted by Crippen LogP contribution is -2.46. The molecule has 3 rings (SSSR count). The van der Waals surface area contributed by atoms with Crippen LogP contribution < -0.4 is 5.32 Å². The Hall–Kier alpha value is -2.63. The maximum absolute atomic E-state index is 12.6. The minimum absolute atomic E-state index is 0.0317. The molecule has 2 heterocycles. The van der Waals surface area contributed by atoms with Gasteiger partial charge in [0.15, 0.2) is 0 Å². The second-order valence-corrected chi connectivity index (χ2v) is 6.82. The van der Waals surface area contributed by atoms with Crippen molar-refractivity contribution in [2.45, 2.75) is 38.1 Å². The Morgan fingerprint density at radius 1 is 1.23 bits per heavy atom. The van der Waals surface area contributed by atoms with E-state index >= 15 is 0 Å². The van der Waals surface area contributed by atoms with Crippen LogP contribution in [-0.4, -0.2) is 45.6 Å². The van der Waals surface area contributed by atoms with Crippen molar-refractivity contribution in [3.05, 3.63) is 53.9 Å². The van der Waals surface area contributed by atoms with Gasteiger partial charge in [0, 0.05) is 26.3 Å². The topological polar surface area (TPSA) is 67.2 Å². The van der Waals surface area contributed by atoms with Gasteiger partial charge in [-0.05, 0) is 36.8 Å². The molecule has 6 nitrogen and oxygen atoms in total. The number of hydrogen-bond donors (Lipinski definition) is 1. The van der Waals surface area contributed by atoms with Crippen LogP contribution in [0.25, 0.3) is 0 Å². The first-order valence-electron chi connectivity index (χ1n) is 9.22. The molecule has 1 unspecified atom stereocenters. The summed E-state index contributed by atoms with van der Waals surface area (Å²) in [4.78, 5) is 26.8. The molecule has 1 aliphatic rings. The average Bonchev–Trinajstić information content (AvgIpc) is 3.28. The van der Waals surface area contributed by atoms with Crippen molar-refractivity contribution >= 4 is 11.8 Å². The summed E-state index contributed by atoms with van der Waals surface area (Å²) in [5.41, 5.74) is 2.15. The van der Waals surface area contributed by atoms with E-state index in [-0.39, 0.29) is 17.9 Å². The molecule has 0 saturated carbocycles. The van der Waals surface area contributed by atoms with Crippen molar-refractivity contribution in [2.75, 3.05) is 13.1 Å². The number of likely N-dealkylation sites (tertiary alicyclic amines) is 1. The number of nitrogens with one attached hydrogen (secondary N) is 1. The molecule has 1 fully saturated rings. The molecule has 0 aliphatic carbocycles. The van der Waals surface area contributed by atoms with Gasteiger partial charge < -0.3 is 10.2 Å². The van der Waals surface area contributed by atoms with Crippen LogP contribution in [0.15, 0.2) is 42.7 Å². The minimum atomic E-state index is -0.329. The summed E-state index contributed by atoms with van der Waals surface area (Å²) in [6.07, 6.45) is 7.57. The first-order valence-corrected chi connectivity index (χ1v) is 9.22. The fraction of sp³-hybridized carbons (Fsp3) is 0.450. The fourth-order valence-electron chi connectivity index (χ4n) is 3.43. The maximum Gasteiger partial charge on any atom is 0.242 e. The van der Waals surface area contributed by atoms with Crippen LogP contribution in [0.5, 0.6) is 0 Å². The molecule has 2 amide bonds. The van der Waals surface area contributed by atoms with Crippen LogP contribution in [0.1, 0.15) is 30.4 Å². The highest BCUT2D eigenvalue weighted by Crippen LogP contribution is 2.19. The monoisotopic (exact) mass is 354 g/mol. The molecule has 1 saturated heterocycles. The number of amides is 2. The van der Waals surface area contributed by atoms with Crippen LogP contribution in [0, 0.1) is 0 Å². The van der Waals surface area contributed by atoms with Gasteiger partial charge in [0.1, 0.15) is 6.04 Å². The summed E-state index contributed by atoms with van der Waals surface area (Å²) in [5, 5.41) is 7.13. The Morgan fingerprint density at radius 3 is 2.77 bits per heavy atom. The molecule has 0 radical (unpaired) electrons. The molecule has 1 aliphatic heterocycles. The highest BCUT2D eigenvalue weighted by atomic mass is 16.2. The third-order valence-corrected chi connectivity index (χ3v) is 4.77. The molecule has 2 aromatic rings. The fourth-order valence-corrected chi connectivity index (χ4v) is 3.43. The molecule has 0 bridgehead atoms. The van der Waals surface area contributed by atoms with E-state index in [1.807, 2.05) is 49.8 Å². The van der Waals surface area contributed by atoms with E-state index in [1.165, 1.54) is 5.56 Å². The Morgan fingerprint density at radius 2 is 2.04 bits per heavy atom. The number of carbonyl (C=O) groups excluding carboxylic acids is 2. The lowest BCUT2D eigenvalue weighted by Gasteiger charge is -2.24. The van der Waals surface area contributed by atoms with Crippen molar-refractivity contribution < 1.29 is 9.59 Å². The lowest BCUT2D eigenvalue weighted by atomic mass is 10.1. The molecule has 1 aromatic heterocycles. The molecule has 1 aromatic carbocycles. The van der Waals surface area contributed by atoms with E-state index in [9.17, 15) is 9.59 Å². The number of rotatable bonds is 7. The maximum atomic E-state index is 12.6. The molecule has 0 spiro atoms. The van der Waals surface area contributed by atoms with Gasteiger partial charge in [-0.25, -0.2) is 0 Å². The molecule has 6 heteroatoms. The van der Waals surface area contributed by atoms with E-state index in [4.69, 9.17) is 0 Å². The first kappa shape index (κ1) is 18.2. The molecule has 26 heavy (non-hydrogen) atoms. The summed E-state index contributed by atoms with van der Waals surface area (Å²) in [5.74, 6) is -0.000640. The van der Waals surface area contributed by atoms with E-state index in [0.717, 1.165) is 31.2 Å². The molecular formula is C20H26N4O2. The van der Waals surface area contributed by atoms with Crippen molar-refractivity contribution in [3.63, 3.8) is 0 Å². The third kappa shape index (κ3) is 4.71. The SMILES string of the molecule is Cn1cc(CCCNC(=O)C2CCCN2C(=O)Cc2ccccc2)cn1. The highest BCUT2D eigenvalue weighted by Gasteiger charge is 2.33. The number of benzene rings is 1. The summed E-state index contributed by atoms with van der Waals surface area (Å²) in [7, 11) is 1.90. The number of hydrogen-bond acceptors (Lipinski definition) is 3. The first-order chi connectivity index (χ1) is 12.6. The Kier molecular flexibility index (Phi) is 6.04. The van der Waals surface area contributed by atoms with E-state index < -0.39 is 0 Å². The number of nitrogens with zero attached hydrogens (tertiary/aromatic N) is 3. The summed E-state index contributed by atoms with van der Waals surface area (Å²) in [6.45, 7) is 1.28. The number of carbonyl (C=O) groups is 2. The normalized spacial score (nSPS) is 16.7.